The first kappa shape index (κ1) is 17.8. The Balaban J connectivity index is 1.71. The largest absolute Gasteiger partial charge is 0.370 e. The van der Waals surface area contributed by atoms with E-state index in [1.54, 1.807) is 11.3 Å². The zero-order valence-electron chi connectivity index (χ0n) is 14.8. The summed E-state index contributed by atoms with van der Waals surface area (Å²) in [5.74, 6) is 0.627. The van der Waals surface area contributed by atoms with Gasteiger partial charge in [0.2, 0.25) is 0 Å². The van der Waals surface area contributed by atoms with Crippen LogP contribution in [0.25, 0.3) is 15.8 Å². The van der Waals surface area contributed by atoms with E-state index in [0.29, 0.717) is 18.5 Å². The molecule has 1 aromatic carbocycles. The van der Waals surface area contributed by atoms with Crippen LogP contribution in [0.5, 0.6) is 0 Å². The molecule has 0 radical (unpaired) electrons. The number of allylic oxidation sites excluding steroid dienone is 1. The molecule has 1 aliphatic rings. The summed E-state index contributed by atoms with van der Waals surface area (Å²) >= 11 is 1.65. The number of nitrogens with one attached hydrogen (secondary N) is 1. The van der Waals surface area contributed by atoms with Crippen molar-refractivity contribution in [2.75, 3.05) is 19.0 Å². The van der Waals surface area contributed by atoms with Crippen molar-refractivity contribution in [2.45, 2.75) is 38.7 Å². The minimum atomic E-state index is 0.354. The van der Waals surface area contributed by atoms with Gasteiger partial charge in [0.15, 0.2) is 11.0 Å². The van der Waals surface area contributed by atoms with Gasteiger partial charge in [-0.3, -0.25) is 0 Å². The van der Waals surface area contributed by atoms with E-state index in [0.717, 1.165) is 39.3 Å². The lowest BCUT2D eigenvalue weighted by Gasteiger charge is -2.09. The maximum Gasteiger partial charge on any atom is 0.183 e. The van der Waals surface area contributed by atoms with Crippen LogP contribution >= 0.6 is 11.3 Å². The Hall–Kier alpha value is -2.05. The third-order valence-electron chi connectivity index (χ3n) is 4.40. The van der Waals surface area contributed by atoms with E-state index < -0.39 is 0 Å². The Morgan fingerprint density at radius 3 is 2.96 bits per heavy atom. The molecule has 0 saturated heterocycles. The first-order valence-electron chi connectivity index (χ1n) is 8.60. The molecule has 132 valence electrons. The Morgan fingerprint density at radius 2 is 2.24 bits per heavy atom. The normalized spacial score (nSPS) is 16.6. The van der Waals surface area contributed by atoms with Crippen LogP contribution in [0.1, 0.15) is 38.2 Å². The highest BCUT2D eigenvalue weighted by Crippen LogP contribution is 2.28. The van der Waals surface area contributed by atoms with Crippen molar-refractivity contribution < 1.29 is 4.74 Å². The van der Waals surface area contributed by atoms with Crippen LogP contribution in [-0.4, -0.2) is 37.3 Å². The van der Waals surface area contributed by atoms with Crippen molar-refractivity contribution in [1.82, 2.24) is 4.98 Å². The van der Waals surface area contributed by atoms with Gasteiger partial charge in [-0.25, -0.2) is 15.0 Å². The number of hydrogen-bond acceptors (Lipinski definition) is 5. The van der Waals surface area contributed by atoms with Crippen LogP contribution in [0.2, 0.25) is 0 Å². The molecular formula is C19H24N4OS. The van der Waals surface area contributed by atoms with Crippen LogP contribution < -0.4 is 5.32 Å². The van der Waals surface area contributed by atoms with Gasteiger partial charge in [0.05, 0.1) is 16.3 Å². The van der Waals surface area contributed by atoms with Gasteiger partial charge >= 0.3 is 0 Å². The van der Waals surface area contributed by atoms with Crippen LogP contribution in [0.4, 0.5) is 5.13 Å². The van der Waals surface area contributed by atoms with E-state index in [9.17, 15) is 0 Å². The van der Waals surface area contributed by atoms with E-state index in [1.807, 2.05) is 26.2 Å². The standard InChI is InChI=1S/C19H24N4OS/c1-13(11-22-18(20-2)12-24-15-6-4-5-7-15)14-8-9-16-17(10-14)25-19(21-3)23-16/h8-11,15H,2,4-7,12H2,1,3H3,(H,21,23)/b13-11+,22-18?. The van der Waals surface area contributed by atoms with Crippen LogP contribution in [0.3, 0.4) is 0 Å². The molecule has 5 nitrogen and oxygen atoms in total. The zero-order chi connectivity index (χ0) is 17.6. The number of benzene rings is 1. The molecule has 0 unspecified atom stereocenters. The second kappa shape index (κ2) is 8.36. The number of rotatable bonds is 6. The topological polar surface area (TPSA) is 58.9 Å². The second-order valence-corrected chi connectivity index (χ2v) is 7.22. The first-order valence-corrected chi connectivity index (χ1v) is 9.41. The number of nitrogens with zero attached hydrogens (tertiary/aromatic N) is 3. The third kappa shape index (κ3) is 4.52. The number of hydrogen-bond donors (Lipinski definition) is 1. The molecule has 0 aliphatic heterocycles. The molecule has 6 heteroatoms. The molecule has 0 amide bonds. The average molecular weight is 356 g/mol. The first-order chi connectivity index (χ1) is 12.2. The molecule has 25 heavy (non-hydrogen) atoms. The Bertz CT molecular complexity index is 803. The average Bonchev–Trinajstić information content (AvgIpc) is 3.29. The van der Waals surface area contributed by atoms with Crippen molar-refractivity contribution in [2.24, 2.45) is 9.98 Å². The van der Waals surface area contributed by atoms with E-state index in [2.05, 4.69) is 39.1 Å². The predicted molar refractivity (Wildman–Crippen MR) is 108 cm³/mol. The van der Waals surface area contributed by atoms with Gasteiger partial charge in [-0.05, 0) is 49.8 Å². The van der Waals surface area contributed by atoms with Gasteiger partial charge in [-0.2, -0.15) is 0 Å². The highest BCUT2D eigenvalue weighted by atomic mass is 32.1. The zero-order valence-corrected chi connectivity index (χ0v) is 15.6. The van der Waals surface area contributed by atoms with Crippen LogP contribution in [0, 0.1) is 0 Å². The quantitative estimate of drug-likeness (QED) is 0.600. The van der Waals surface area contributed by atoms with Crippen molar-refractivity contribution in [1.29, 1.82) is 0 Å². The highest BCUT2D eigenvalue weighted by Gasteiger charge is 2.15. The molecule has 1 saturated carbocycles. The Kier molecular flexibility index (Phi) is 5.94. The minimum absolute atomic E-state index is 0.354. The van der Waals surface area contributed by atoms with Crippen molar-refractivity contribution in [3.63, 3.8) is 0 Å². The fourth-order valence-corrected chi connectivity index (χ4v) is 3.75. The van der Waals surface area contributed by atoms with Crippen molar-refractivity contribution >= 4 is 44.8 Å². The maximum atomic E-state index is 5.86. The number of fused-ring (bicyclic) bond motifs is 1. The maximum absolute atomic E-state index is 5.86. The lowest BCUT2D eigenvalue weighted by atomic mass is 10.1. The summed E-state index contributed by atoms with van der Waals surface area (Å²) in [6.45, 7) is 6.08. The lowest BCUT2D eigenvalue weighted by Crippen LogP contribution is -2.14. The highest BCUT2D eigenvalue weighted by molar-refractivity contribution is 7.22. The molecule has 0 bridgehead atoms. The van der Waals surface area contributed by atoms with Crippen molar-refractivity contribution in [3.05, 3.63) is 30.0 Å². The van der Waals surface area contributed by atoms with E-state index in [4.69, 9.17) is 4.74 Å². The number of anilines is 1. The summed E-state index contributed by atoms with van der Waals surface area (Å²) in [6, 6.07) is 6.25. The molecule has 2 aromatic rings. The summed E-state index contributed by atoms with van der Waals surface area (Å²) < 4.78 is 7.02. The van der Waals surface area contributed by atoms with Crippen LogP contribution in [-0.2, 0) is 4.74 Å². The number of amidine groups is 1. The monoisotopic (exact) mass is 356 g/mol. The summed E-state index contributed by atoms with van der Waals surface area (Å²) in [7, 11) is 1.88. The van der Waals surface area contributed by atoms with E-state index >= 15 is 0 Å². The third-order valence-corrected chi connectivity index (χ3v) is 5.43. The van der Waals surface area contributed by atoms with Gasteiger partial charge in [-0.15, -0.1) is 0 Å². The number of thiazole rings is 1. The Labute approximate surface area is 152 Å². The fourth-order valence-electron chi connectivity index (χ4n) is 2.89. The molecule has 3 rings (SSSR count). The fraction of sp³-hybridized carbons (Fsp3) is 0.421. The van der Waals surface area contributed by atoms with E-state index in [-0.39, 0.29) is 0 Å². The van der Waals surface area contributed by atoms with Crippen LogP contribution in [0.15, 0.2) is 34.4 Å². The minimum Gasteiger partial charge on any atom is -0.370 e. The van der Waals surface area contributed by atoms with Gasteiger partial charge in [0.25, 0.3) is 0 Å². The molecular weight excluding hydrogens is 332 g/mol. The number of ether oxygens (including phenoxy) is 1. The van der Waals surface area contributed by atoms with Gasteiger partial charge in [0, 0.05) is 13.2 Å². The smallest absolute Gasteiger partial charge is 0.183 e. The molecule has 1 heterocycles. The summed E-state index contributed by atoms with van der Waals surface area (Å²) in [6.07, 6.45) is 6.99. The molecule has 1 fully saturated rings. The SMILES string of the molecule is C=NC(COC1CCCC1)=N/C=C(\C)c1ccc2nc(NC)sc2c1. The predicted octanol–water partition coefficient (Wildman–Crippen LogP) is 4.76. The van der Waals surface area contributed by atoms with Gasteiger partial charge < -0.3 is 10.1 Å². The summed E-state index contributed by atoms with van der Waals surface area (Å²) in [5.41, 5.74) is 3.21. The van der Waals surface area contributed by atoms with Crippen molar-refractivity contribution in [3.8, 4) is 0 Å². The lowest BCUT2D eigenvalue weighted by molar-refractivity contribution is 0.0871. The van der Waals surface area contributed by atoms with Gasteiger partial charge in [-0.1, -0.05) is 30.2 Å². The molecule has 1 aliphatic carbocycles. The van der Waals surface area contributed by atoms with E-state index in [1.165, 1.54) is 12.8 Å². The molecule has 0 atom stereocenters. The van der Waals surface area contributed by atoms with Gasteiger partial charge in [0.1, 0.15) is 6.61 Å². The molecule has 0 spiro atoms. The molecule has 1 N–H and O–H groups in total. The molecule has 1 aromatic heterocycles. The summed E-state index contributed by atoms with van der Waals surface area (Å²) in [5, 5.41) is 4.01. The second-order valence-electron chi connectivity index (χ2n) is 6.18. The Morgan fingerprint density at radius 1 is 1.44 bits per heavy atom. The number of aromatic nitrogens is 1. The number of aliphatic imine (C=N–C) groups is 2. The summed E-state index contributed by atoms with van der Waals surface area (Å²) in [4.78, 5) is 13.0.